The molecule has 1 aliphatic rings. The Morgan fingerprint density at radius 3 is 2.76 bits per heavy atom. The predicted molar refractivity (Wildman–Crippen MR) is 69.3 cm³/mol. The smallest absolute Gasteiger partial charge is 0.337 e. The number of nitrogens with zero attached hydrogens (tertiary/aromatic N) is 1. The van der Waals surface area contributed by atoms with Crippen LogP contribution in [0.15, 0.2) is 18.3 Å². The van der Waals surface area contributed by atoms with Crippen LogP contribution in [0.25, 0.3) is 0 Å². The Labute approximate surface area is 106 Å². The molecule has 1 fully saturated rings. The summed E-state index contributed by atoms with van der Waals surface area (Å²) < 4.78 is 0. The SMILES string of the molecule is O=C(O)c1ccc(CSCC2CCCC2)nc1. The molecular formula is C13H17NO2S. The number of rotatable bonds is 5. The van der Waals surface area contributed by atoms with E-state index >= 15 is 0 Å². The summed E-state index contributed by atoms with van der Waals surface area (Å²) >= 11 is 1.91. The number of aromatic nitrogens is 1. The van der Waals surface area contributed by atoms with Crippen molar-refractivity contribution in [1.82, 2.24) is 4.98 Å². The molecule has 0 unspecified atom stereocenters. The molecule has 4 heteroatoms. The number of carboxylic acids is 1. The summed E-state index contributed by atoms with van der Waals surface area (Å²) in [6.07, 6.45) is 6.96. The molecule has 17 heavy (non-hydrogen) atoms. The molecule has 1 aliphatic carbocycles. The summed E-state index contributed by atoms with van der Waals surface area (Å²) in [5.74, 6) is 2.07. The average molecular weight is 251 g/mol. The summed E-state index contributed by atoms with van der Waals surface area (Å²) in [5, 5.41) is 8.75. The second-order valence-corrected chi connectivity index (χ2v) is 5.54. The van der Waals surface area contributed by atoms with E-state index in [-0.39, 0.29) is 5.56 Å². The summed E-state index contributed by atoms with van der Waals surface area (Å²) in [5.41, 5.74) is 1.23. The molecule has 1 N–H and O–H groups in total. The van der Waals surface area contributed by atoms with Crippen LogP contribution >= 0.6 is 11.8 Å². The Kier molecular flexibility index (Phi) is 4.42. The highest BCUT2D eigenvalue weighted by Gasteiger charge is 2.14. The second-order valence-electron chi connectivity index (χ2n) is 4.51. The van der Waals surface area contributed by atoms with Crippen LogP contribution < -0.4 is 0 Å². The first-order valence-corrected chi connectivity index (χ1v) is 7.17. The van der Waals surface area contributed by atoms with Gasteiger partial charge in [-0.3, -0.25) is 4.98 Å². The molecule has 1 aromatic heterocycles. The van der Waals surface area contributed by atoms with Gasteiger partial charge in [-0.05, 0) is 36.6 Å². The van der Waals surface area contributed by atoms with Crippen LogP contribution in [0.5, 0.6) is 0 Å². The lowest BCUT2D eigenvalue weighted by Crippen LogP contribution is -2.00. The Morgan fingerprint density at radius 1 is 1.41 bits per heavy atom. The van der Waals surface area contributed by atoms with Crippen molar-refractivity contribution in [1.29, 1.82) is 0 Å². The van der Waals surface area contributed by atoms with Gasteiger partial charge in [0.05, 0.1) is 11.3 Å². The highest BCUT2D eigenvalue weighted by molar-refractivity contribution is 7.98. The van der Waals surface area contributed by atoms with Gasteiger partial charge in [0.1, 0.15) is 0 Å². The van der Waals surface area contributed by atoms with Gasteiger partial charge in [0, 0.05) is 11.9 Å². The Balaban J connectivity index is 1.76. The molecule has 0 radical (unpaired) electrons. The maximum atomic E-state index is 10.7. The fourth-order valence-electron chi connectivity index (χ4n) is 2.14. The highest BCUT2D eigenvalue weighted by Crippen LogP contribution is 2.28. The van der Waals surface area contributed by atoms with Crippen molar-refractivity contribution in [2.75, 3.05) is 5.75 Å². The lowest BCUT2D eigenvalue weighted by molar-refractivity contribution is 0.0696. The van der Waals surface area contributed by atoms with Crippen molar-refractivity contribution in [3.63, 3.8) is 0 Å². The molecule has 3 nitrogen and oxygen atoms in total. The molecule has 0 aromatic carbocycles. The quantitative estimate of drug-likeness (QED) is 0.873. The molecule has 1 aromatic rings. The van der Waals surface area contributed by atoms with E-state index in [0.717, 1.165) is 17.4 Å². The third-order valence-electron chi connectivity index (χ3n) is 3.15. The number of pyridine rings is 1. The fourth-order valence-corrected chi connectivity index (χ4v) is 3.31. The van der Waals surface area contributed by atoms with Gasteiger partial charge in [0.15, 0.2) is 0 Å². The van der Waals surface area contributed by atoms with Crippen molar-refractivity contribution >= 4 is 17.7 Å². The number of hydrogen-bond acceptors (Lipinski definition) is 3. The normalized spacial score (nSPS) is 16.2. The van der Waals surface area contributed by atoms with E-state index in [0.29, 0.717) is 0 Å². The lowest BCUT2D eigenvalue weighted by Gasteiger charge is -2.07. The van der Waals surface area contributed by atoms with Gasteiger partial charge in [-0.15, -0.1) is 0 Å². The second kappa shape index (κ2) is 6.05. The van der Waals surface area contributed by atoms with Crippen molar-refractivity contribution in [2.45, 2.75) is 31.4 Å². The van der Waals surface area contributed by atoms with Crippen molar-refractivity contribution in [3.8, 4) is 0 Å². The first-order valence-electron chi connectivity index (χ1n) is 6.01. The summed E-state index contributed by atoms with van der Waals surface area (Å²) in [6.45, 7) is 0. The van der Waals surface area contributed by atoms with E-state index in [1.807, 2.05) is 17.8 Å². The van der Waals surface area contributed by atoms with E-state index in [9.17, 15) is 4.79 Å². The maximum Gasteiger partial charge on any atom is 0.337 e. The number of carbonyl (C=O) groups is 1. The summed E-state index contributed by atoms with van der Waals surface area (Å²) in [7, 11) is 0. The minimum atomic E-state index is -0.914. The fraction of sp³-hybridized carbons (Fsp3) is 0.538. The van der Waals surface area contributed by atoms with E-state index in [4.69, 9.17) is 5.11 Å². The molecule has 0 spiro atoms. The molecule has 0 aliphatic heterocycles. The monoisotopic (exact) mass is 251 g/mol. The van der Waals surface area contributed by atoms with Crippen LogP contribution in [-0.4, -0.2) is 21.8 Å². The third-order valence-corrected chi connectivity index (χ3v) is 4.36. The predicted octanol–water partition coefficient (Wildman–Crippen LogP) is 3.20. The lowest BCUT2D eigenvalue weighted by atomic mass is 10.1. The van der Waals surface area contributed by atoms with Crippen LogP contribution in [0, 0.1) is 5.92 Å². The summed E-state index contributed by atoms with van der Waals surface area (Å²) in [4.78, 5) is 14.8. The van der Waals surface area contributed by atoms with Gasteiger partial charge >= 0.3 is 5.97 Å². The van der Waals surface area contributed by atoms with Crippen molar-refractivity contribution < 1.29 is 9.90 Å². The van der Waals surface area contributed by atoms with Gasteiger partial charge in [-0.2, -0.15) is 11.8 Å². The molecule has 1 saturated carbocycles. The molecule has 2 rings (SSSR count). The van der Waals surface area contributed by atoms with Crippen molar-refractivity contribution in [3.05, 3.63) is 29.6 Å². The molecular weight excluding hydrogens is 234 g/mol. The highest BCUT2D eigenvalue weighted by atomic mass is 32.2. The van der Waals surface area contributed by atoms with E-state index in [2.05, 4.69) is 4.98 Å². The van der Waals surface area contributed by atoms with Crippen LogP contribution in [0.4, 0.5) is 0 Å². The topological polar surface area (TPSA) is 50.2 Å². The first kappa shape index (κ1) is 12.4. The van der Waals surface area contributed by atoms with Crippen LogP contribution in [0.1, 0.15) is 41.7 Å². The molecule has 92 valence electrons. The zero-order valence-electron chi connectivity index (χ0n) is 9.76. The van der Waals surface area contributed by atoms with Crippen LogP contribution in [-0.2, 0) is 5.75 Å². The maximum absolute atomic E-state index is 10.7. The summed E-state index contributed by atoms with van der Waals surface area (Å²) in [6, 6.07) is 3.44. The molecule has 0 bridgehead atoms. The molecule has 0 amide bonds. The standard InChI is InChI=1S/C13H17NO2S/c15-13(16)11-5-6-12(14-7-11)9-17-8-10-3-1-2-4-10/h5-7,10H,1-4,8-9H2,(H,15,16). The number of carboxylic acid groups (broad SMARTS) is 1. The minimum absolute atomic E-state index is 0.259. The molecule has 0 atom stereocenters. The van der Waals surface area contributed by atoms with Crippen molar-refractivity contribution in [2.24, 2.45) is 5.92 Å². The van der Waals surface area contributed by atoms with Gasteiger partial charge in [-0.25, -0.2) is 4.79 Å². The number of aromatic carboxylic acids is 1. The number of thioether (sulfide) groups is 1. The Hall–Kier alpha value is -1.03. The van der Waals surface area contributed by atoms with E-state index < -0.39 is 5.97 Å². The first-order chi connectivity index (χ1) is 8.25. The Bertz CT molecular complexity index is 372. The van der Waals surface area contributed by atoms with Gasteiger partial charge in [0.25, 0.3) is 0 Å². The zero-order valence-corrected chi connectivity index (χ0v) is 10.6. The Morgan fingerprint density at radius 2 is 2.18 bits per heavy atom. The largest absolute Gasteiger partial charge is 0.478 e. The molecule has 1 heterocycles. The van der Waals surface area contributed by atoms with Gasteiger partial charge in [0.2, 0.25) is 0 Å². The molecule has 0 saturated heterocycles. The van der Waals surface area contributed by atoms with E-state index in [1.165, 1.54) is 37.6 Å². The third kappa shape index (κ3) is 3.73. The van der Waals surface area contributed by atoms with E-state index in [1.54, 1.807) is 6.07 Å². The minimum Gasteiger partial charge on any atom is -0.478 e. The van der Waals surface area contributed by atoms with Crippen LogP contribution in [0.3, 0.4) is 0 Å². The average Bonchev–Trinajstić information content (AvgIpc) is 2.83. The van der Waals surface area contributed by atoms with Gasteiger partial charge < -0.3 is 5.11 Å². The zero-order chi connectivity index (χ0) is 12.1. The van der Waals surface area contributed by atoms with Gasteiger partial charge in [-0.1, -0.05) is 12.8 Å². The number of hydrogen-bond donors (Lipinski definition) is 1. The van der Waals surface area contributed by atoms with Crippen LogP contribution in [0.2, 0.25) is 0 Å².